The fourth-order valence-electron chi connectivity index (χ4n) is 1.95. The molecular formula is C14H20N2OS. The van der Waals surface area contributed by atoms with Crippen LogP contribution in [0.25, 0.3) is 0 Å². The first-order valence-electron chi connectivity index (χ1n) is 6.15. The van der Waals surface area contributed by atoms with Crippen molar-refractivity contribution in [3.8, 4) is 0 Å². The van der Waals surface area contributed by atoms with Crippen LogP contribution >= 0.6 is 11.3 Å². The lowest BCUT2D eigenvalue weighted by Gasteiger charge is -2.25. The van der Waals surface area contributed by atoms with E-state index in [0.29, 0.717) is 6.04 Å². The van der Waals surface area contributed by atoms with Crippen LogP contribution in [0.2, 0.25) is 0 Å². The summed E-state index contributed by atoms with van der Waals surface area (Å²) in [6, 6.07) is 8.87. The fourth-order valence-corrected chi connectivity index (χ4v) is 2.87. The van der Waals surface area contributed by atoms with E-state index in [-0.39, 0.29) is 6.04 Å². The number of likely N-dealkylation sites (N-methyl/N-ethyl adjacent to an activating group) is 1. The van der Waals surface area contributed by atoms with Gasteiger partial charge in [0.25, 0.3) is 0 Å². The van der Waals surface area contributed by atoms with Crippen LogP contribution in [0, 0.1) is 0 Å². The van der Waals surface area contributed by atoms with E-state index >= 15 is 0 Å². The zero-order chi connectivity index (χ0) is 13.0. The van der Waals surface area contributed by atoms with Crippen molar-refractivity contribution in [1.82, 2.24) is 10.2 Å². The minimum atomic E-state index is 0.238. The number of thiophene rings is 1. The third kappa shape index (κ3) is 3.22. The van der Waals surface area contributed by atoms with Crippen LogP contribution in [0.3, 0.4) is 0 Å². The van der Waals surface area contributed by atoms with Crippen LogP contribution in [0.15, 0.2) is 40.3 Å². The summed E-state index contributed by atoms with van der Waals surface area (Å²) in [7, 11) is 4.23. The Hall–Kier alpha value is -1.10. The molecule has 0 saturated carbocycles. The highest BCUT2D eigenvalue weighted by molar-refractivity contribution is 7.10. The van der Waals surface area contributed by atoms with Crippen molar-refractivity contribution < 1.29 is 4.42 Å². The van der Waals surface area contributed by atoms with Crippen LogP contribution in [0.1, 0.15) is 29.6 Å². The Kier molecular flexibility index (Phi) is 4.58. The predicted molar refractivity (Wildman–Crippen MR) is 75.9 cm³/mol. The zero-order valence-electron chi connectivity index (χ0n) is 11.1. The lowest BCUT2D eigenvalue weighted by atomic mass is 10.2. The second kappa shape index (κ2) is 6.18. The van der Waals surface area contributed by atoms with Gasteiger partial charge in [0.15, 0.2) is 0 Å². The molecular weight excluding hydrogens is 244 g/mol. The first-order valence-corrected chi connectivity index (χ1v) is 7.03. The summed E-state index contributed by atoms with van der Waals surface area (Å²) >= 11 is 1.80. The maximum Gasteiger partial charge on any atom is 0.120 e. The van der Waals surface area contributed by atoms with Gasteiger partial charge < -0.3 is 14.6 Å². The van der Waals surface area contributed by atoms with Crippen LogP contribution in [-0.4, -0.2) is 25.5 Å². The Morgan fingerprint density at radius 1 is 1.33 bits per heavy atom. The topological polar surface area (TPSA) is 28.4 Å². The molecule has 0 aliphatic rings. The van der Waals surface area contributed by atoms with E-state index in [2.05, 4.69) is 48.7 Å². The Labute approximate surface area is 112 Å². The molecule has 0 amide bonds. The first kappa shape index (κ1) is 13.3. The zero-order valence-corrected chi connectivity index (χ0v) is 11.9. The molecule has 2 aromatic rings. The van der Waals surface area contributed by atoms with Crippen LogP contribution in [0.4, 0.5) is 0 Å². The van der Waals surface area contributed by atoms with Gasteiger partial charge in [0, 0.05) is 11.4 Å². The van der Waals surface area contributed by atoms with Gasteiger partial charge in [-0.05, 0) is 44.6 Å². The Bertz CT molecular complexity index is 436. The molecule has 0 fully saturated rings. The van der Waals surface area contributed by atoms with Crippen LogP contribution in [-0.2, 0) is 0 Å². The fraction of sp³-hybridized carbons (Fsp3) is 0.429. The number of hydrogen-bond acceptors (Lipinski definition) is 4. The van der Waals surface area contributed by atoms with E-state index in [1.165, 1.54) is 4.88 Å². The highest BCUT2D eigenvalue weighted by Gasteiger charge is 2.17. The maximum absolute atomic E-state index is 5.41. The van der Waals surface area contributed by atoms with Gasteiger partial charge >= 0.3 is 0 Å². The quantitative estimate of drug-likeness (QED) is 0.868. The molecule has 3 nitrogen and oxygen atoms in total. The molecule has 2 atom stereocenters. The van der Waals surface area contributed by atoms with Gasteiger partial charge in [-0.2, -0.15) is 0 Å². The molecule has 0 radical (unpaired) electrons. The molecule has 2 rings (SSSR count). The van der Waals surface area contributed by atoms with Crippen molar-refractivity contribution in [1.29, 1.82) is 0 Å². The Morgan fingerprint density at radius 2 is 2.17 bits per heavy atom. The van der Waals surface area contributed by atoms with Gasteiger partial charge in [0.1, 0.15) is 5.76 Å². The van der Waals surface area contributed by atoms with Gasteiger partial charge in [0.05, 0.1) is 18.3 Å². The second-order valence-electron chi connectivity index (χ2n) is 4.64. The number of rotatable bonds is 6. The van der Waals surface area contributed by atoms with E-state index in [4.69, 9.17) is 4.42 Å². The standard InChI is InChI=1S/C14H20N2OS/c1-11(13-6-4-8-17-13)15-10-12(16(2)3)14-7-5-9-18-14/h4-9,11-12,15H,10H2,1-3H3. The molecule has 0 aliphatic carbocycles. The van der Waals surface area contributed by atoms with Crippen molar-refractivity contribution >= 4 is 11.3 Å². The van der Waals surface area contributed by atoms with Crippen molar-refractivity contribution in [3.05, 3.63) is 46.5 Å². The third-order valence-corrected chi connectivity index (χ3v) is 4.06. The summed E-state index contributed by atoms with van der Waals surface area (Å²) < 4.78 is 5.41. The smallest absolute Gasteiger partial charge is 0.120 e. The third-order valence-electron chi connectivity index (χ3n) is 3.08. The lowest BCUT2D eigenvalue weighted by Crippen LogP contribution is -2.31. The maximum atomic E-state index is 5.41. The predicted octanol–water partition coefficient (Wildman–Crippen LogP) is 3.29. The summed E-state index contributed by atoms with van der Waals surface area (Å²) in [5, 5.41) is 5.65. The SMILES string of the molecule is CC(NCC(c1cccs1)N(C)C)c1ccco1. The number of nitrogens with one attached hydrogen (secondary N) is 1. The highest BCUT2D eigenvalue weighted by atomic mass is 32.1. The monoisotopic (exact) mass is 264 g/mol. The second-order valence-corrected chi connectivity index (χ2v) is 5.62. The highest BCUT2D eigenvalue weighted by Crippen LogP contribution is 2.23. The molecule has 0 spiro atoms. The van der Waals surface area contributed by atoms with E-state index in [1.807, 2.05) is 12.1 Å². The van der Waals surface area contributed by atoms with Gasteiger partial charge in [-0.1, -0.05) is 6.07 Å². The average Bonchev–Trinajstić information content (AvgIpc) is 3.01. The van der Waals surface area contributed by atoms with E-state index in [9.17, 15) is 0 Å². The van der Waals surface area contributed by atoms with Crippen molar-refractivity contribution in [2.75, 3.05) is 20.6 Å². The van der Waals surface area contributed by atoms with E-state index in [1.54, 1.807) is 17.6 Å². The molecule has 18 heavy (non-hydrogen) atoms. The lowest BCUT2D eigenvalue weighted by molar-refractivity contribution is 0.280. The van der Waals surface area contributed by atoms with Gasteiger partial charge in [-0.25, -0.2) is 0 Å². The van der Waals surface area contributed by atoms with Crippen molar-refractivity contribution in [2.45, 2.75) is 19.0 Å². The molecule has 98 valence electrons. The van der Waals surface area contributed by atoms with Crippen LogP contribution in [0.5, 0.6) is 0 Å². The molecule has 0 bridgehead atoms. The number of nitrogens with zero attached hydrogens (tertiary/aromatic N) is 1. The first-order chi connectivity index (χ1) is 8.68. The molecule has 2 aromatic heterocycles. The molecule has 0 aromatic carbocycles. The largest absolute Gasteiger partial charge is 0.468 e. The van der Waals surface area contributed by atoms with Gasteiger partial charge in [-0.3, -0.25) is 0 Å². The molecule has 0 saturated heterocycles. The molecule has 0 aliphatic heterocycles. The molecule has 2 heterocycles. The van der Waals surface area contributed by atoms with E-state index in [0.717, 1.165) is 12.3 Å². The summed E-state index contributed by atoms with van der Waals surface area (Å²) in [4.78, 5) is 3.63. The molecule has 1 N–H and O–H groups in total. The van der Waals surface area contributed by atoms with Crippen molar-refractivity contribution in [3.63, 3.8) is 0 Å². The summed E-state index contributed by atoms with van der Waals surface area (Å²) in [5.41, 5.74) is 0. The number of hydrogen-bond donors (Lipinski definition) is 1. The molecule has 2 unspecified atom stereocenters. The Morgan fingerprint density at radius 3 is 2.72 bits per heavy atom. The van der Waals surface area contributed by atoms with E-state index < -0.39 is 0 Å². The van der Waals surface area contributed by atoms with Gasteiger partial charge in [0.2, 0.25) is 0 Å². The number of furan rings is 1. The normalized spacial score (nSPS) is 14.9. The summed E-state index contributed by atoms with van der Waals surface area (Å²) in [5.74, 6) is 0.985. The summed E-state index contributed by atoms with van der Waals surface area (Å²) in [6.07, 6.45) is 1.72. The molecule has 4 heteroatoms. The van der Waals surface area contributed by atoms with Gasteiger partial charge in [-0.15, -0.1) is 11.3 Å². The minimum absolute atomic E-state index is 0.238. The minimum Gasteiger partial charge on any atom is -0.468 e. The Balaban J connectivity index is 1.94. The van der Waals surface area contributed by atoms with Crippen LogP contribution < -0.4 is 5.32 Å². The summed E-state index contributed by atoms with van der Waals surface area (Å²) in [6.45, 7) is 3.04. The van der Waals surface area contributed by atoms with Crippen molar-refractivity contribution in [2.24, 2.45) is 0 Å². The average molecular weight is 264 g/mol.